The van der Waals surface area contributed by atoms with Crippen LogP contribution in [0.15, 0.2) is 53.1 Å². The molecule has 3 aromatic rings. The van der Waals surface area contributed by atoms with E-state index in [1.165, 1.54) is 0 Å². The van der Waals surface area contributed by atoms with Gasteiger partial charge in [0.05, 0.1) is 5.52 Å². The summed E-state index contributed by atoms with van der Waals surface area (Å²) in [4.78, 5) is 3.23. The third kappa shape index (κ3) is 2.44. The second-order valence-corrected chi connectivity index (χ2v) is 5.12. The van der Waals surface area contributed by atoms with E-state index in [2.05, 4.69) is 27.0 Å². The summed E-state index contributed by atoms with van der Waals surface area (Å²) in [6, 6.07) is 12.9. The fourth-order valence-corrected chi connectivity index (χ4v) is 2.51. The molecule has 0 saturated heterocycles. The van der Waals surface area contributed by atoms with Crippen LogP contribution in [-0.4, -0.2) is 10.1 Å². The van der Waals surface area contributed by atoms with Gasteiger partial charge >= 0.3 is 0 Å². The first-order chi connectivity index (χ1) is 9.24. The van der Waals surface area contributed by atoms with Gasteiger partial charge in [0.1, 0.15) is 18.1 Å². The number of para-hydroxylation sites is 1. The smallest absolute Gasteiger partial charge is 0.123 e. The molecule has 2 aromatic carbocycles. The van der Waals surface area contributed by atoms with E-state index < -0.39 is 0 Å². The van der Waals surface area contributed by atoms with Crippen LogP contribution in [0.25, 0.3) is 10.9 Å². The predicted molar refractivity (Wildman–Crippen MR) is 78.4 cm³/mol. The molecule has 3 rings (SSSR count). The summed E-state index contributed by atoms with van der Waals surface area (Å²) in [7, 11) is 0. The van der Waals surface area contributed by atoms with Crippen LogP contribution in [0.3, 0.4) is 0 Å². The maximum absolute atomic E-state index is 9.39. The van der Waals surface area contributed by atoms with Gasteiger partial charge in [-0.2, -0.15) is 0 Å². The number of aromatic hydroxyl groups is 1. The lowest BCUT2D eigenvalue weighted by Crippen LogP contribution is -1.94. The summed E-state index contributed by atoms with van der Waals surface area (Å²) in [5.41, 5.74) is 2.15. The molecule has 0 unspecified atom stereocenters. The summed E-state index contributed by atoms with van der Waals surface area (Å²) in [5.74, 6) is 0.864. The number of hydrogen-bond acceptors (Lipinski definition) is 2. The molecule has 0 radical (unpaired) electrons. The Hall–Kier alpha value is -1.94. The molecule has 0 aliphatic carbocycles. The summed E-state index contributed by atoms with van der Waals surface area (Å²) in [6.07, 6.45) is 1.94. The van der Waals surface area contributed by atoms with E-state index in [0.29, 0.717) is 12.4 Å². The van der Waals surface area contributed by atoms with Gasteiger partial charge < -0.3 is 14.8 Å². The zero-order valence-corrected chi connectivity index (χ0v) is 11.6. The van der Waals surface area contributed by atoms with Crippen molar-refractivity contribution in [3.05, 3.63) is 58.7 Å². The van der Waals surface area contributed by atoms with Crippen molar-refractivity contribution in [2.24, 2.45) is 0 Å². The number of benzene rings is 2. The van der Waals surface area contributed by atoms with Crippen molar-refractivity contribution in [1.29, 1.82) is 0 Å². The van der Waals surface area contributed by atoms with Crippen molar-refractivity contribution >= 4 is 26.8 Å². The number of ether oxygens (including phenoxy) is 1. The molecule has 2 N–H and O–H groups in total. The zero-order valence-electron chi connectivity index (χ0n) is 10.1. The highest BCUT2D eigenvalue weighted by Crippen LogP contribution is 2.27. The summed E-state index contributed by atoms with van der Waals surface area (Å²) >= 11 is 3.51. The summed E-state index contributed by atoms with van der Waals surface area (Å²) in [6.45, 7) is 0.458. The van der Waals surface area contributed by atoms with E-state index >= 15 is 0 Å². The minimum Gasteiger partial charge on any atom is -0.508 e. The number of aromatic amines is 1. The van der Waals surface area contributed by atoms with E-state index in [1.807, 2.05) is 24.4 Å². The monoisotopic (exact) mass is 317 g/mol. The van der Waals surface area contributed by atoms with Crippen LogP contribution in [0.2, 0.25) is 0 Å². The van der Waals surface area contributed by atoms with Crippen LogP contribution in [0.4, 0.5) is 0 Å². The van der Waals surface area contributed by atoms with Crippen molar-refractivity contribution < 1.29 is 9.84 Å². The maximum Gasteiger partial charge on any atom is 0.123 e. The first-order valence-corrected chi connectivity index (χ1v) is 6.69. The average molecular weight is 318 g/mol. The SMILES string of the molecule is Oc1cccc(OCc2c[nH]c3c(Br)cccc23)c1. The van der Waals surface area contributed by atoms with Crippen molar-refractivity contribution in [2.75, 3.05) is 0 Å². The van der Waals surface area contributed by atoms with Crippen molar-refractivity contribution in [1.82, 2.24) is 4.98 Å². The molecule has 19 heavy (non-hydrogen) atoms. The number of H-pyrrole nitrogens is 1. The molecule has 96 valence electrons. The largest absolute Gasteiger partial charge is 0.508 e. The normalized spacial score (nSPS) is 10.8. The Balaban J connectivity index is 1.84. The number of phenolic OH excluding ortho intramolecular Hbond substituents is 1. The van der Waals surface area contributed by atoms with Crippen molar-refractivity contribution in [2.45, 2.75) is 6.61 Å². The molecule has 1 aromatic heterocycles. The van der Waals surface area contributed by atoms with Crippen LogP contribution in [0.1, 0.15) is 5.56 Å². The summed E-state index contributed by atoms with van der Waals surface area (Å²) < 4.78 is 6.72. The highest BCUT2D eigenvalue weighted by molar-refractivity contribution is 9.10. The van der Waals surface area contributed by atoms with Crippen molar-refractivity contribution in [3.63, 3.8) is 0 Å². The molecule has 0 saturated carbocycles. The van der Waals surface area contributed by atoms with E-state index in [4.69, 9.17) is 4.74 Å². The Morgan fingerprint density at radius 2 is 2.00 bits per heavy atom. The number of aromatic nitrogens is 1. The minimum absolute atomic E-state index is 0.208. The molecule has 0 amide bonds. The van der Waals surface area contributed by atoms with Gasteiger partial charge in [-0.15, -0.1) is 0 Å². The van der Waals surface area contributed by atoms with E-state index in [1.54, 1.807) is 18.2 Å². The maximum atomic E-state index is 9.39. The number of fused-ring (bicyclic) bond motifs is 1. The molecule has 0 fully saturated rings. The molecule has 0 aliphatic rings. The molecule has 0 spiro atoms. The lowest BCUT2D eigenvalue weighted by Gasteiger charge is -2.05. The van der Waals surface area contributed by atoms with Crippen LogP contribution < -0.4 is 4.74 Å². The quantitative estimate of drug-likeness (QED) is 0.759. The number of halogens is 1. The number of hydrogen-bond donors (Lipinski definition) is 2. The van der Waals surface area contributed by atoms with Gasteiger partial charge in [-0.25, -0.2) is 0 Å². The van der Waals surface area contributed by atoms with Crippen LogP contribution in [0, 0.1) is 0 Å². The highest BCUT2D eigenvalue weighted by Gasteiger charge is 2.06. The van der Waals surface area contributed by atoms with E-state index in [-0.39, 0.29) is 5.75 Å². The molecule has 1 heterocycles. The number of phenols is 1. The van der Waals surface area contributed by atoms with Crippen molar-refractivity contribution in [3.8, 4) is 11.5 Å². The van der Waals surface area contributed by atoms with Crippen LogP contribution >= 0.6 is 15.9 Å². The fourth-order valence-electron chi connectivity index (χ4n) is 2.03. The van der Waals surface area contributed by atoms with Gasteiger partial charge in [0, 0.05) is 27.7 Å². The average Bonchev–Trinajstić information content (AvgIpc) is 2.81. The van der Waals surface area contributed by atoms with Gasteiger partial charge in [0.15, 0.2) is 0 Å². The van der Waals surface area contributed by atoms with Gasteiger partial charge in [-0.3, -0.25) is 0 Å². The Labute approximate surface area is 119 Å². The Morgan fingerprint density at radius 1 is 1.16 bits per heavy atom. The van der Waals surface area contributed by atoms with Crippen LogP contribution in [0.5, 0.6) is 11.5 Å². The molecular formula is C15H12BrNO2. The number of rotatable bonds is 3. The first-order valence-electron chi connectivity index (χ1n) is 5.90. The van der Waals surface area contributed by atoms with E-state index in [0.717, 1.165) is 20.9 Å². The first kappa shape index (κ1) is 12.1. The number of nitrogens with one attached hydrogen (secondary N) is 1. The third-order valence-corrected chi connectivity index (χ3v) is 3.62. The zero-order chi connectivity index (χ0) is 13.2. The molecular weight excluding hydrogens is 306 g/mol. The van der Waals surface area contributed by atoms with Gasteiger partial charge in [-0.1, -0.05) is 18.2 Å². The molecule has 3 nitrogen and oxygen atoms in total. The second-order valence-electron chi connectivity index (χ2n) is 4.26. The summed E-state index contributed by atoms with van der Waals surface area (Å²) in [5, 5.41) is 10.5. The lowest BCUT2D eigenvalue weighted by atomic mass is 10.2. The molecule has 0 aliphatic heterocycles. The Bertz CT molecular complexity index is 721. The standard InChI is InChI=1S/C15H12BrNO2/c16-14-6-2-5-13-10(8-17-15(13)14)9-19-12-4-1-3-11(18)7-12/h1-8,17-18H,9H2. The second kappa shape index (κ2) is 4.97. The molecule has 0 atom stereocenters. The Kier molecular flexibility index (Phi) is 3.17. The molecule has 0 bridgehead atoms. The van der Waals surface area contributed by atoms with E-state index in [9.17, 15) is 5.11 Å². The van der Waals surface area contributed by atoms with Gasteiger partial charge in [0.2, 0.25) is 0 Å². The fraction of sp³-hybridized carbons (Fsp3) is 0.0667. The lowest BCUT2D eigenvalue weighted by molar-refractivity contribution is 0.306. The van der Waals surface area contributed by atoms with Gasteiger partial charge in [-0.05, 0) is 34.1 Å². The minimum atomic E-state index is 0.208. The van der Waals surface area contributed by atoms with Gasteiger partial charge in [0.25, 0.3) is 0 Å². The topological polar surface area (TPSA) is 45.2 Å². The predicted octanol–water partition coefficient (Wildman–Crippen LogP) is 4.22. The molecule has 4 heteroatoms. The third-order valence-electron chi connectivity index (χ3n) is 2.96. The Morgan fingerprint density at radius 3 is 2.84 bits per heavy atom. The highest BCUT2D eigenvalue weighted by atomic mass is 79.9. The van der Waals surface area contributed by atoms with Crippen LogP contribution in [-0.2, 0) is 6.61 Å².